The molecular formula is C9H10N4O8. The fourth-order valence-corrected chi connectivity index (χ4v) is 1.14. The normalized spacial score (nSPS) is 9.05. The van der Waals surface area contributed by atoms with Crippen molar-refractivity contribution in [1.82, 2.24) is 0 Å². The summed E-state index contributed by atoms with van der Waals surface area (Å²) in [6.45, 7) is 2.18. The van der Waals surface area contributed by atoms with E-state index in [1.54, 1.807) is 0 Å². The third-order valence-corrected chi connectivity index (χ3v) is 1.85. The molecule has 0 aromatic carbocycles. The number of carbonyl (C=O) groups is 2. The summed E-state index contributed by atoms with van der Waals surface area (Å²) in [6.07, 6.45) is 0. The van der Waals surface area contributed by atoms with Crippen molar-refractivity contribution in [2.45, 2.75) is 13.8 Å². The van der Waals surface area contributed by atoms with Gasteiger partial charge in [-0.15, -0.1) is 0 Å². The first-order chi connectivity index (χ1) is 9.81. The van der Waals surface area contributed by atoms with Crippen molar-refractivity contribution in [2.75, 3.05) is 13.2 Å². The summed E-state index contributed by atoms with van der Waals surface area (Å²) in [5, 5.41) is 21.4. The van der Waals surface area contributed by atoms with Crippen molar-refractivity contribution in [3.8, 4) is 0 Å². The monoisotopic (exact) mass is 302 g/mol. The van der Waals surface area contributed by atoms with E-state index in [0.717, 1.165) is 0 Å². The Kier molecular flexibility index (Phi) is 6.90. The van der Waals surface area contributed by atoms with E-state index in [2.05, 4.69) is 14.3 Å². The molecule has 0 heterocycles. The van der Waals surface area contributed by atoms with Gasteiger partial charge in [0.15, 0.2) is 0 Å². The number of esters is 2. The lowest BCUT2D eigenvalue weighted by Gasteiger charge is -2.01. The van der Waals surface area contributed by atoms with Crippen molar-refractivity contribution in [3.05, 3.63) is 37.2 Å². The van der Waals surface area contributed by atoms with Crippen LogP contribution in [0.4, 0.5) is 0 Å². The van der Waals surface area contributed by atoms with E-state index < -0.39 is 38.9 Å². The van der Waals surface area contributed by atoms with Crippen LogP contribution in [0, 0.1) is 20.2 Å². The highest BCUT2D eigenvalue weighted by atomic mass is 16.7. The van der Waals surface area contributed by atoms with Crippen LogP contribution in [0.2, 0.25) is 0 Å². The highest BCUT2D eigenvalue weighted by Gasteiger charge is 2.48. The van der Waals surface area contributed by atoms with Crippen LogP contribution in [0.25, 0.3) is 5.53 Å². The highest BCUT2D eigenvalue weighted by Crippen LogP contribution is 2.11. The molecule has 0 unspecified atom stereocenters. The second kappa shape index (κ2) is 8.12. The topological polar surface area (TPSA) is 175 Å². The Morgan fingerprint density at radius 3 is 1.81 bits per heavy atom. The minimum absolute atomic E-state index is 0.222. The number of nitro groups is 2. The van der Waals surface area contributed by atoms with Gasteiger partial charge in [0.05, 0.1) is 13.2 Å². The second-order valence-electron chi connectivity index (χ2n) is 3.10. The Hall–Kier alpha value is -3.14. The summed E-state index contributed by atoms with van der Waals surface area (Å²) in [7, 11) is 0. The summed E-state index contributed by atoms with van der Waals surface area (Å²) >= 11 is 0. The summed E-state index contributed by atoms with van der Waals surface area (Å²) < 4.78 is 8.79. The predicted molar refractivity (Wildman–Crippen MR) is 62.9 cm³/mol. The summed E-state index contributed by atoms with van der Waals surface area (Å²) in [6, 6.07) is 0. The highest BCUT2D eigenvalue weighted by molar-refractivity contribution is 6.46. The average Bonchev–Trinajstić information content (AvgIpc) is 2.38. The van der Waals surface area contributed by atoms with E-state index in [1.165, 1.54) is 13.8 Å². The van der Waals surface area contributed by atoms with E-state index >= 15 is 0 Å². The first kappa shape index (κ1) is 17.9. The number of ether oxygens (including phenoxy) is 2. The maximum Gasteiger partial charge on any atom is 0.582 e. The van der Waals surface area contributed by atoms with Crippen LogP contribution >= 0.6 is 0 Å². The number of nitrogens with zero attached hydrogens (tertiary/aromatic N) is 4. The molecule has 0 spiro atoms. The van der Waals surface area contributed by atoms with E-state index in [9.17, 15) is 29.8 Å². The lowest BCUT2D eigenvalue weighted by atomic mass is 10.1. The second-order valence-corrected chi connectivity index (χ2v) is 3.10. The van der Waals surface area contributed by atoms with E-state index in [-0.39, 0.29) is 13.2 Å². The van der Waals surface area contributed by atoms with Gasteiger partial charge in [-0.2, -0.15) is 4.79 Å². The first-order valence-corrected chi connectivity index (χ1v) is 5.41. The molecule has 0 saturated carbocycles. The zero-order chi connectivity index (χ0) is 16.6. The molecule has 0 fully saturated rings. The van der Waals surface area contributed by atoms with Gasteiger partial charge >= 0.3 is 29.0 Å². The molecule has 0 radical (unpaired) electrons. The Morgan fingerprint density at radius 2 is 1.48 bits per heavy atom. The quantitative estimate of drug-likeness (QED) is 0.115. The van der Waals surface area contributed by atoms with E-state index in [0.29, 0.717) is 0 Å². The van der Waals surface area contributed by atoms with Gasteiger partial charge in [-0.1, -0.05) is 0 Å². The Morgan fingerprint density at radius 1 is 1.05 bits per heavy atom. The molecule has 0 amide bonds. The van der Waals surface area contributed by atoms with Crippen molar-refractivity contribution < 1.29 is 33.7 Å². The van der Waals surface area contributed by atoms with Gasteiger partial charge in [-0.25, -0.2) is 9.59 Å². The van der Waals surface area contributed by atoms with E-state index in [1.807, 2.05) is 0 Å². The fraction of sp³-hybridized carbons (Fsp3) is 0.444. The van der Waals surface area contributed by atoms with Crippen LogP contribution in [-0.2, 0) is 19.1 Å². The van der Waals surface area contributed by atoms with Crippen LogP contribution in [-0.4, -0.2) is 45.5 Å². The standard InChI is InChI=1S/C9H10N4O8/c1-3-20-8(14)5(7(12(16)17)13(18)19)6(11-10)9(15)21-4-2/h3-4H2,1-2H3. The van der Waals surface area contributed by atoms with Crippen molar-refractivity contribution >= 4 is 17.7 Å². The molecule has 0 bridgehead atoms. The molecule has 0 aromatic heterocycles. The summed E-state index contributed by atoms with van der Waals surface area (Å²) in [4.78, 5) is 43.8. The number of hydrogen-bond acceptors (Lipinski definition) is 8. The van der Waals surface area contributed by atoms with Gasteiger partial charge in [-0.05, 0) is 13.8 Å². The molecule has 0 aliphatic heterocycles. The van der Waals surface area contributed by atoms with Gasteiger partial charge in [0.1, 0.15) is 9.85 Å². The molecule has 21 heavy (non-hydrogen) atoms. The van der Waals surface area contributed by atoms with Crippen LogP contribution in [0.15, 0.2) is 11.4 Å². The van der Waals surface area contributed by atoms with Gasteiger partial charge in [0, 0.05) is 0 Å². The molecule has 0 aliphatic carbocycles. The molecule has 12 nitrogen and oxygen atoms in total. The molecule has 0 N–H and O–H groups in total. The van der Waals surface area contributed by atoms with Crippen LogP contribution < -0.4 is 0 Å². The smallest absolute Gasteiger partial charge is 0.462 e. The maximum absolute atomic E-state index is 11.6. The Bertz CT molecular complexity index is 544. The fourth-order valence-electron chi connectivity index (χ4n) is 1.14. The first-order valence-electron chi connectivity index (χ1n) is 5.41. The zero-order valence-corrected chi connectivity index (χ0v) is 11.0. The van der Waals surface area contributed by atoms with Crippen molar-refractivity contribution in [2.24, 2.45) is 0 Å². The molecule has 0 saturated heterocycles. The molecule has 0 rings (SSSR count). The molecule has 114 valence electrons. The zero-order valence-electron chi connectivity index (χ0n) is 11.0. The molecule has 12 heteroatoms. The van der Waals surface area contributed by atoms with Crippen molar-refractivity contribution in [1.29, 1.82) is 0 Å². The van der Waals surface area contributed by atoms with E-state index in [4.69, 9.17) is 5.53 Å². The van der Waals surface area contributed by atoms with Gasteiger partial charge in [0.25, 0.3) is 0 Å². The summed E-state index contributed by atoms with van der Waals surface area (Å²) in [5.41, 5.74) is 6.02. The molecule has 0 aromatic rings. The minimum atomic E-state index is -1.87. The SMILES string of the molecule is CCOC(=O)C(=[N+]=[N-])C(C(=O)OCC)=C([N+](=O)[O-])[N+](=O)[O-]. The van der Waals surface area contributed by atoms with Crippen LogP contribution in [0.3, 0.4) is 0 Å². The Balaban J connectivity index is 6.30. The third kappa shape index (κ3) is 4.47. The number of carbonyl (C=O) groups excluding carboxylic acids is 2. The minimum Gasteiger partial charge on any atom is -0.462 e. The number of rotatable bonds is 7. The van der Waals surface area contributed by atoms with Gasteiger partial charge in [-0.3, -0.25) is 20.2 Å². The van der Waals surface area contributed by atoms with Crippen LogP contribution in [0.5, 0.6) is 0 Å². The van der Waals surface area contributed by atoms with Crippen LogP contribution in [0.1, 0.15) is 13.8 Å². The largest absolute Gasteiger partial charge is 0.582 e. The summed E-state index contributed by atoms with van der Waals surface area (Å²) in [5.74, 6) is -4.89. The predicted octanol–water partition coefficient (Wildman–Crippen LogP) is -0.452. The molecule has 0 atom stereocenters. The van der Waals surface area contributed by atoms with Gasteiger partial charge in [0.2, 0.25) is 0 Å². The lowest BCUT2D eigenvalue weighted by molar-refractivity contribution is -0.616. The van der Waals surface area contributed by atoms with Gasteiger partial charge < -0.3 is 15.0 Å². The van der Waals surface area contributed by atoms with Crippen molar-refractivity contribution in [3.63, 3.8) is 0 Å². The Labute approximate surface area is 116 Å². The molecule has 0 aliphatic rings. The molecular weight excluding hydrogens is 292 g/mol. The lowest BCUT2D eigenvalue weighted by Crippen LogP contribution is -2.31. The number of hydrogen-bond donors (Lipinski definition) is 0. The maximum atomic E-state index is 11.6. The third-order valence-electron chi connectivity index (χ3n) is 1.85. The average molecular weight is 302 g/mol.